The number of ether oxygens (including phenoxy) is 2. The zero-order chi connectivity index (χ0) is 24.8. The van der Waals surface area contributed by atoms with Crippen molar-refractivity contribution in [3.63, 3.8) is 0 Å². The summed E-state index contributed by atoms with van der Waals surface area (Å²) in [5.41, 5.74) is 2.16. The summed E-state index contributed by atoms with van der Waals surface area (Å²) in [6, 6.07) is 11.9. The first kappa shape index (κ1) is 25.3. The molecular formula is C28H35NO5. The van der Waals surface area contributed by atoms with Crippen molar-refractivity contribution in [1.82, 2.24) is 4.90 Å². The molecule has 0 saturated carbocycles. The van der Waals surface area contributed by atoms with Crippen LogP contribution in [0.4, 0.5) is 0 Å². The smallest absolute Gasteiger partial charge is 0.295 e. The highest BCUT2D eigenvalue weighted by Crippen LogP contribution is 2.40. The summed E-state index contributed by atoms with van der Waals surface area (Å²) in [6.07, 6.45) is 2.73. The number of carbonyl (C=O) groups excluding carboxylic acids is 2. The average Bonchev–Trinajstić information content (AvgIpc) is 3.08. The van der Waals surface area contributed by atoms with Gasteiger partial charge in [0.25, 0.3) is 11.7 Å². The molecule has 1 atom stereocenters. The van der Waals surface area contributed by atoms with Gasteiger partial charge in [-0.05, 0) is 60.7 Å². The lowest BCUT2D eigenvalue weighted by Crippen LogP contribution is -2.30. The lowest BCUT2D eigenvalue weighted by atomic mass is 9.94. The van der Waals surface area contributed by atoms with E-state index >= 15 is 0 Å². The molecule has 1 aliphatic heterocycles. The van der Waals surface area contributed by atoms with E-state index in [4.69, 9.17) is 9.47 Å². The number of methoxy groups -OCH3 is 1. The van der Waals surface area contributed by atoms with Gasteiger partial charge in [-0.1, -0.05) is 45.7 Å². The van der Waals surface area contributed by atoms with Gasteiger partial charge in [0.2, 0.25) is 0 Å². The van der Waals surface area contributed by atoms with Crippen LogP contribution in [0.15, 0.2) is 48.0 Å². The number of aliphatic hydroxyl groups excluding tert-OH is 1. The van der Waals surface area contributed by atoms with Gasteiger partial charge in [0, 0.05) is 12.1 Å². The number of nitrogens with zero attached hydrogens (tertiary/aromatic N) is 1. The Balaban J connectivity index is 2.07. The molecule has 34 heavy (non-hydrogen) atoms. The van der Waals surface area contributed by atoms with E-state index in [0.29, 0.717) is 30.4 Å². The molecule has 1 N–H and O–H groups in total. The van der Waals surface area contributed by atoms with E-state index in [0.717, 1.165) is 36.1 Å². The number of ketones is 1. The first-order valence-corrected chi connectivity index (χ1v) is 11.9. The van der Waals surface area contributed by atoms with Crippen molar-refractivity contribution in [2.24, 2.45) is 5.92 Å². The van der Waals surface area contributed by atoms with Crippen molar-refractivity contribution in [3.8, 4) is 11.5 Å². The number of Topliss-reactive ketones (excluding diaryl/α,β-unsaturated/α-hetero) is 1. The number of unbranched alkanes of at least 4 members (excludes halogenated alkanes) is 2. The van der Waals surface area contributed by atoms with Crippen LogP contribution in [-0.2, 0) is 9.59 Å². The largest absolute Gasteiger partial charge is 0.507 e. The predicted molar refractivity (Wildman–Crippen MR) is 133 cm³/mol. The number of benzene rings is 2. The Morgan fingerprint density at radius 3 is 2.53 bits per heavy atom. The monoisotopic (exact) mass is 465 g/mol. The maximum absolute atomic E-state index is 13.2. The van der Waals surface area contributed by atoms with Crippen LogP contribution in [0.5, 0.6) is 11.5 Å². The van der Waals surface area contributed by atoms with Crippen LogP contribution in [0.2, 0.25) is 0 Å². The Morgan fingerprint density at radius 1 is 1.12 bits per heavy atom. The molecule has 0 aromatic heterocycles. The second-order valence-electron chi connectivity index (χ2n) is 9.16. The van der Waals surface area contributed by atoms with Crippen LogP contribution in [0.25, 0.3) is 5.76 Å². The molecule has 1 saturated heterocycles. The summed E-state index contributed by atoms with van der Waals surface area (Å²) in [5.74, 6) is 0.314. The first-order chi connectivity index (χ1) is 16.3. The Bertz CT molecular complexity index is 1070. The van der Waals surface area contributed by atoms with Crippen LogP contribution < -0.4 is 9.47 Å². The number of carbonyl (C=O) groups is 2. The number of amides is 1. The zero-order valence-electron chi connectivity index (χ0n) is 20.8. The highest BCUT2D eigenvalue weighted by atomic mass is 16.5. The quantitative estimate of drug-likeness (QED) is 0.212. The SMILES string of the molecule is CCCCCN1C(=O)C(=O)/C(=C(\O)c2ccc(OCC(C)C)c(C)c2)C1c1cccc(OC)c1. The lowest BCUT2D eigenvalue weighted by molar-refractivity contribution is -0.139. The fourth-order valence-corrected chi connectivity index (χ4v) is 4.17. The molecule has 1 unspecified atom stereocenters. The lowest BCUT2D eigenvalue weighted by Gasteiger charge is -2.25. The standard InChI is InChI=1S/C28H35NO5/c1-6-7-8-14-29-25(20-10-9-11-22(16-20)33-5)24(27(31)28(29)32)26(30)21-12-13-23(19(4)15-21)34-17-18(2)3/h9-13,15-16,18,25,30H,6-8,14,17H2,1-5H3/b26-24-. The Hall–Kier alpha value is -3.28. The highest BCUT2D eigenvalue weighted by molar-refractivity contribution is 6.46. The van der Waals surface area contributed by atoms with Crippen molar-refractivity contribution in [1.29, 1.82) is 0 Å². The van der Waals surface area contributed by atoms with Crippen molar-refractivity contribution in [2.75, 3.05) is 20.3 Å². The van der Waals surface area contributed by atoms with Crippen LogP contribution in [0, 0.1) is 12.8 Å². The summed E-state index contributed by atoms with van der Waals surface area (Å²) >= 11 is 0. The second kappa shape index (κ2) is 11.2. The number of likely N-dealkylation sites (tertiary alicyclic amines) is 1. The van der Waals surface area contributed by atoms with E-state index in [1.807, 2.05) is 31.2 Å². The minimum atomic E-state index is -0.677. The van der Waals surface area contributed by atoms with Crippen LogP contribution in [-0.4, -0.2) is 42.0 Å². The molecule has 1 heterocycles. The fourth-order valence-electron chi connectivity index (χ4n) is 4.17. The molecular weight excluding hydrogens is 430 g/mol. The molecule has 182 valence electrons. The Morgan fingerprint density at radius 2 is 1.88 bits per heavy atom. The highest BCUT2D eigenvalue weighted by Gasteiger charge is 2.45. The van der Waals surface area contributed by atoms with E-state index in [-0.39, 0.29) is 11.3 Å². The maximum Gasteiger partial charge on any atom is 0.295 e. The van der Waals surface area contributed by atoms with Gasteiger partial charge in [0.05, 0.1) is 25.3 Å². The van der Waals surface area contributed by atoms with Gasteiger partial charge in [0.15, 0.2) is 0 Å². The van der Waals surface area contributed by atoms with Crippen LogP contribution >= 0.6 is 0 Å². The van der Waals surface area contributed by atoms with E-state index in [2.05, 4.69) is 20.8 Å². The molecule has 2 aromatic carbocycles. The predicted octanol–water partition coefficient (Wildman–Crippen LogP) is 5.65. The summed E-state index contributed by atoms with van der Waals surface area (Å²) in [6.45, 7) is 9.17. The van der Waals surface area contributed by atoms with E-state index in [1.165, 1.54) is 0 Å². The summed E-state index contributed by atoms with van der Waals surface area (Å²) < 4.78 is 11.2. The molecule has 1 aliphatic rings. The van der Waals surface area contributed by atoms with Crippen molar-refractivity contribution >= 4 is 17.4 Å². The fraction of sp³-hybridized carbons (Fsp3) is 0.429. The average molecular weight is 466 g/mol. The van der Waals surface area contributed by atoms with Gasteiger partial charge in [-0.2, -0.15) is 0 Å². The molecule has 0 bridgehead atoms. The van der Waals surface area contributed by atoms with Gasteiger partial charge in [0.1, 0.15) is 17.3 Å². The van der Waals surface area contributed by atoms with E-state index in [1.54, 1.807) is 30.2 Å². The number of hydrogen-bond donors (Lipinski definition) is 1. The van der Waals surface area contributed by atoms with Crippen molar-refractivity contribution < 1.29 is 24.2 Å². The molecule has 6 nitrogen and oxygen atoms in total. The van der Waals surface area contributed by atoms with Crippen LogP contribution in [0.1, 0.15) is 62.8 Å². The Labute approximate surface area is 202 Å². The van der Waals surface area contributed by atoms with Gasteiger partial charge in [-0.25, -0.2) is 0 Å². The molecule has 1 fully saturated rings. The molecule has 0 spiro atoms. The number of hydrogen-bond acceptors (Lipinski definition) is 5. The summed E-state index contributed by atoms with van der Waals surface area (Å²) in [5, 5.41) is 11.3. The third-order valence-corrected chi connectivity index (χ3v) is 5.97. The zero-order valence-corrected chi connectivity index (χ0v) is 20.8. The summed E-state index contributed by atoms with van der Waals surface area (Å²) in [7, 11) is 1.57. The number of rotatable bonds is 10. The minimum absolute atomic E-state index is 0.102. The maximum atomic E-state index is 13.2. The topological polar surface area (TPSA) is 76.1 Å². The van der Waals surface area contributed by atoms with Gasteiger partial charge < -0.3 is 19.5 Å². The number of aryl methyl sites for hydroxylation is 1. The normalized spacial score (nSPS) is 17.5. The minimum Gasteiger partial charge on any atom is -0.507 e. The van der Waals surface area contributed by atoms with Crippen molar-refractivity contribution in [3.05, 3.63) is 64.7 Å². The molecule has 3 rings (SSSR count). The molecule has 0 radical (unpaired) electrons. The molecule has 1 amide bonds. The van der Waals surface area contributed by atoms with Gasteiger partial charge in [-0.15, -0.1) is 0 Å². The Kier molecular flexibility index (Phi) is 8.37. The third-order valence-electron chi connectivity index (χ3n) is 5.97. The molecule has 2 aromatic rings. The van der Waals surface area contributed by atoms with Gasteiger partial charge in [-0.3, -0.25) is 9.59 Å². The third kappa shape index (κ3) is 5.44. The molecule has 6 heteroatoms. The van der Waals surface area contributed by atoms with Crippen molar-refractivity contribution in [2.45, 2.75) is 53.0 Å². The van der Waals surface area contributed by atoms with Crippen LogP contribution in [0.3, 0.4) is 0 Å². The first-order valence-electron chi connectivity index (χ1n) is 11.9. The number of aliphatic hydroxyl groups is 1. The van der Waals surface area contributed by atoms with Gasteiger partial charge >= 0.3 is 0 Å². The summed E-state index contributed by atoms with van der Waals surface area (Å²) in [4.78, 5) is 27.8. The second-order valence-corrected chi connectivity index (χ2v) is 9.16. The van der Waals surface area contributed by atoms with E-state index in [9.17, 15) is 14.7 Å². The van der Waals surface area contributed by atoms with E-state index < -0.39 is 17.7 Å². The molecule has 0 aliphatic carbocycles.